The van der Waals surface area contributed by atoms with Crippen molar-refractivity contribution in [3.05, 3.63) is 34.9 Å². The van der Waals surface area contributed by atoms with Crippen LogP contribution in [0.2, 0.25) is 0 Å². The van der Waals surface area contributed by atoms with E-state index in [0.717, 1.165) is 9.86 Å². The second kappa shape index (κ2) is 5.58. The summed E-state index contributed by atoms with van der Waals surface area (Å²) >= 11 is 3.28. The molecule has 1 heterocycles. The van der Waals surface area contributed by atoms with Gasteiger partial charge < -0.3 is 17.5 Å². The molecule has 0 amide bonds. The van der Waals surface area contributed by atoms with Gasteiger partial charge in [-0.3, -0.25) is 0 Å². The Hall–Kier alpha value is 0.731. The fourth-order valence-electron chi connectivity index (χ4n) is 1.55. The maximum atomic E-state index is 12.3. The Morgan fingerprint density at radius 3 is 2.50 bits per heavy atom. The van der Waals surface area contributed by atoms with Crippen LogP contribution in [0.25, 0.3) is 10.9 Å². The molecule has 0 saturated heterocycles. The Bertz CT molecular complexity index is 497. The predicted octanol–water partition coefficient (Wildman–Crippen LogP) is 0.794. The number of hydrogen-bond donors (Lipinski definition) is 0. The zero-order valence-electron chi connectivity index (χ0n) is 8.63. The minimum atomic E-state index is -4.79. The molecule has 0 aliphatic carbocycles. The molecule has 0 aliphatic rings. The summed E-state index contributed by atoms with van der Waals surface area (Å²) in [6.07, 6.45) is 0.581. The molecule has 1 aromatic carbocycles. The second-order valence-electron chi connectivity index (χ2n) is 3.38. The summed E-state index contributed by atoms with van der Waals surface area (Å²) < 4.78 is 38.9. The number of fused-ring (bicyclic) bond motifs is 1. The van der Waals surface area contributed by atoms with E-state index < -0.39 is 13.4 Å². The van der Waals surface area contributed by atoms with Gasteiger partial charge in [0.25, 0.3) is 0 Å². The average molecular weight is 316 g/mol. The third-order valence-electron chi connectivity index (χ3n) is 2.14. The molecule has 0 aliphatic heterocycles. The molecule has 80 valence electrons. The van der Waals surface area contributed by atoms with E-state index in [2.05, 4.69) is 15.9 Å². The molecule has 2 aromatic rings. The average Bonchev–Trinajstić information content (AvgIpc) is 2.45. The molecule has 16 heavy (non-hydrogen) atoms. The first-order chi connectivity index (χ1) is 6.96. The minimum absolute atomic E-state index is 0. The van der Waals surface area contributed by atoms with E-state index in [0.29, 0.717) is 5.52 Å². The van der Waals surface area contributed by atoms with Gasteiger partial charge in [-0.2, -0.15) is 0 Å². The quantitative estimate of drug-likeness (QED) is 0.722. The van der Waals surface area contributed by atoms with E-state index in [-0.39, 0.29) is 51.4 Å². The molecule has 0 fully saturated rings. The van der Waals surface area contributed by atoms with E-state index in [4.69, 9.17) is 0 Å². The van der Waals surface area contributed by atoms with Gasteiger partial charge >= 0.3 is 58.4 Å². The van der Waals surface area contributed by atoms with Gasteiger partial charge in [-0.1, -0.05) is 15.9 Å². The summed E-state index contributed by atoms with van der Waals surface area (Å²) in [5.74, 6) is 0. The van der Waals surface area contributed by atoms with Crippen molar-refractivity contribution in [3.63, 3.8) is 0 Å². The van der Waals surface area contributed by atoms with Crippen molar-refractivity contribution < 1.29 is 64.3 Å². The van der Waals surface area contributed by atoms with Crippen LogP contribution < -0.4 is 51.4 Å². The Balaban J connectivity index is 0.00000128. The molecule has 1 nitrogen and oxygen atoms in total. The predicted molar refractivity (Wildman–Crippen MR) is 58.7 cm³/mol. The molecule has 7 heteroatoms. The van der Waals surface area contributed by atoms with Gasteiger partial charge in [-0.15, -0.1) is 0 Å². The van der Waals surface area contributed by atoms with Crippen LogP contribution in [0.3, 0.4) is 0 Å². The number of nitrogens with zero attached hydrogens (tertiary/aromatic N) is 1. The van der Waals surface area contributed by atoms with Crippen LogP contribution in [-0.4, -0.2) is 11.5 Å². The molecule has 0 atom stereocenters. The summed E-state index contributed by atoms with van der Waals surface area (Å²) in [6, 6.07) is 6.90. The normalized spacial score (nSPS) is 11.5. The van der Waals surface area contributed by atoms with Gasteiger partial charge in [-0.05, 0) is 30.7 Å². The minimum Gasteiger partial charge on any atom is -0.448 e. The number of halogens is 4. The molecule has 1 aromatic heterocycles. The number of rotatable bonds is 2. The monoisotopic (exact) mass is 315 g/mol. The Morgan fingerprint density at radius 1 is 1.19 bits per heavy atom. The third kappa shape index (κ3) is 3.61. The van der Waals surface area contributed by atoms with Crippen LogP contribution in [0.5, 0.6) is 0 Å². The van der Waals surface area contributed by atoms with Crippen molar-refractivity contribution in [2.24, 2.45) is 0 Å². The van der Waals surface area contributed by atoms with E-state index in [1.165, 1.54) is 10.8 Å². The fourth-order valence-corrected chi connectivity index (χ4v) is 1.93. The number of hydrogen-bond acceptors (Lipinski definition) is 0. The maximum absolute atomic E-state index is 12.3. The summed E-state index contributed by atoms with van der Waals surface area (Å²) in [5, 5.41) is 0.810. The van der Waals surface area contributed by atoms with Gasteiger partial charge in [0.1, 0.15) is 0 Å². The first-order valence-electron chi connectivity index (χ1n) is 4.41. The van der Waals surface area contributed by atoms with Crippen molar-refractivity contribution >= 4 is 33.8 Å². The van der Waals surface area contributed by atoms with Crippen LogP contribution in [0, 0.1) is 0 Å². The molecule has 0 spiro atoms. The summed E-state index contributed by atoms with van der Waals surface area (Å²) in [4.78, 5) is 0. The van der Waals surface area contributed by atoms with Crippen LogP contribution >= 0.6 is 15.9 Å². The Kier molecular flexibility index (Phi) is 5.16. The first-order valence-corrected chi connectivity index (χ1v) is 5.20. The largest absolute Gasteiger partial charge is 1.00 e. The van der Waals surface area contributed by atoms with Crippen molar-refractivity contribution in [2.75, 3.05) is 0 Å². The summed E-state index contributed by atoms with van der Waals surface area (Å²) in [7, 11) is 0. The topological polar surface area (TPSA) is 4.93 Å². The van der Waals surface area contributed by atoms with Gasteiger partial charge in [0.05, 0.1) is 0 Å². The van der Waals surface area contributed by atoms with Crippen molar-refractivity contribution in [2.45, 2.75) is 6.44 Å². The van der Waals surface area contributed by atoms with E-state index in [9.17, 15) is 12.9 Å². The van der Waals surface area contributed by atoms with E-state index >= 15 is 0 Å². The third-order valence-corrected chi connectivity index (χ3v) is 2.63. The van der Waals surface area contributed by atoms with Crippen molar-refractivity contribution in [1.29, 1.82) is 0 Å². The van der Waals surface area contributed by atoms with Crippen LogP contribution in [0.15, 0.2) is 34.9 Å². The van der Waals surface area contributed by atoms with E-state index in [1.54, 1.807) is 24.3 Å². The van der Waals surface area contributed by atoms with Crippen molar-refractivity contribution in [3.8, 4) is 0 Å². The Morgan fingerprint density at radius 2 is 1.88 bits per heavy atom. The zero-order valence-corrected chi connectivity index (χ0v) is 13.3. The second-order valence-corrected chi connectivity index (χ2v) is 4.30. The summed E-state index contributed by atoms with van der Waals surface area (Å²) in [6.45, 7) is -4.79. The fraction of sp³-hybridized carbons (Fsp3) is 0.111. The molecule has 0 bridgehead atoms. The van der Waals surface area contributed by atoms with Gasteiger partial charge in [0, 0.05) is 21.6 Å². The molecule has 0 N–H and O–H groups in total. The van der Waals surface area contributed by atoms with Crippen LogP contribution in [-0.2, 0) is 6.44 Å². The smallest absolute Gasteiger partial charge is 0.448 e. The number of benzene rings is 1. The zero-order chi connectivity index (χ0) is 11.1. The standard InChI is InChI=1S/C9H7BBrF3N.K/c11-8-1-2-9-7(5-8)3-4-15(9)6-10(12,13)14;/h1-5H,6H2;/q-1;+1. The van der Waals surface area contributed by atoms with Crippen molar-refractivity contribution in [1.82, 2.24) is 4.57 Å². The SMILES string of the molecule is F[B-](F)(F)Cn1ccc2cc(Br)ccc21.[K+]. The molecular weight excluding hydrogens is 309 g/mol. The summed E-state index contributed by atoms with van der Waals surface area (Å²) in [5.41, 5.74) is 0.609. The van der Waals surface area contributed by atoms with Gasteiger partial charge in [0.2, 0.25) is 0 Å². The van der Waals surface area contributed by atoms with E-state index in [1.807, 2.05) is 0 Å². The molecule has 2 rings (SSSR count). The van der Waals surface area contributed by atoms with Crippen LogP contribution in [0.1, 0.15) is 0 Å². The molecule has 0 unspecified atom stereocenters. The maximum Gasteiger partial charge on any atom is 1.00 e. The van der Waals surface area contributed by atoms with Gasteiger partial charge in [-0.25, -0.2) is 0 Å². The molecular formula is C9H7BBrF3KN. The Labute approximate surface area is 142 Å². The van der Waals surface area contributed by atoms with Crippen LogP contribution in [0.4, 0.5) is 12.9 Å². The first kappa shape index (κ1) is 14.8. The molecule has 0 radical (unpaired) electrons. The van der Waals surface area contributed by atoms with Gasteiger partial charge in [0.15, 0.2) is 0 Å². The number of aromatic nitrogens is 1. The molecule has 0 saturated carbocycles.